The highest BCUT2D eigenvalue weighted by molar-refractivity contribution is 9.10. The van der Waals surface area contributed by atoms with Gasteiger partial charge in [-0.2, -0.15) is 0 Å². The number of nitrogens with one attached hydrogen (secondary N) is 1. The molecule has 0 aliphatic carbocycles. The Balaban J connectivity index is 2.29. The third-order valence-electron chi connectivity index (χ3n) is 4.39. The fourth-order valence-corrected chi connectivity index (χ4v) is 3.85. The van der Waals surface area contributed by atoms with Crippen molar-refractivity contribution in [3.63, 3.8) is 0 Å². The molecule has 0 radical (unpaired) electrons. The summed E-state index contributed by atoms with van der Waals surface area (Å²) in [5, 5.41) is 3.75. The average Bonchev–Trinajstić information content (AvgIpc) is 2.60. The smallest absolute Gasteiger partial charge is 0.0681 e. The normalized spacial score (nSPS) is 25.0. The molecule has 1 aliphatic rings. The summed E-state index contributed by atoms with van der Waals surface area (Å²) in [6.07, 6.45) is 2.22. The van der Waals surface area contributed by atoms with Crippen LogP contribution in [0.5, 0.6) is 0 Å². The summed E-state index contributed by atoms with van der Waals surface area (Å²) < 4.78 is 7.43. The van der Waals surface area contributed by atoms with E-state index in [0.29, 0.717) is 12.0 Å². The minimum atomic E-state index is -0.109. The monoisotopic (exact) mass is 353 g/mol. The average molecular weight is 354 g/mol. The number of hydrogen-bond acceptors (Lipinski definition) is 2. The van der Waals surface area contributed by atoms with Crippen molar-refractivity contribution in [3.8, 4) is 0 Å². The zero-order chi connectivity index (χ0) is 15.7. The summed E-state index contributed by atoms with van der Waals surface area (Å²) >= 11 is 3.53. The van der Waals surface area contributed by atoms with Crippen molar-refractivity contribution in [2.45, 2.75) is 64.7 Å². The van der Waals surface area contributed by atoms with Crippen LogP contribution < -0.4 is 5.32 Å². The van der Waals surface area contributed by atoms with Crippen LogP contribution in [-0.2, 0) is 4.74 Å². The van der Waals surface area contributed by atoms with Gasteiger partial charge in [0.25, 0.3) is 0 Å². The van der Waals surface area contributed by atoms with E-state index in [1.807, 2.05) is 0 Å². The molecule has 1 fully saturated rings. The molecule has 1 N–H and O–H groups in total. The summed E-state index contributed by atoms with van der Waals surface area (Å²) in [7, 11) is 0. The van der Waals surface area contributed by atoms with Gasteiger partial charge in [0, 0.05) is 16.4 Å². The Morgan fingerprint density at radius 2 is 1.86 bits per heavy atom. The largest absolute Gasteiger partial charge is 0.369 e. The van der Waals surface area contributed by atoms with Gasteiger partial charge in [0.05, 0.1) is 11.2 Å². The lowest BCUT2D eigenvalue weighted by molar-refractivity contribution is -0.0778. The molecule has 118 valence electrons. The molecule has 0 amide bonds. The minimum absolute atomic E-state index is 0.0460. The van der Waals surface area contributed by atoms with Crippen LogP contribution in [0.25, 0.3) is 0 Å². The maximum atomic E-state index is 6.31. The van der Waals surface area contributed by atoms with Crippen LogP contribution in [-0.4, -0.2) is 17.7 Å². The maximum Gasteiger partial charge on any atom is 0.0681 e. The number of rotatable bonds is 5. The van der Waals surface area contributed by atoms with Gasteiger partial charge < -0.3 is 10.1 Å². The number of halogens is 1. The van der Waals surface area contributed by atoms with Gasteiger partial charge in [-0.05, 0) is 64.8 Å². The zero-order valence-electron chi connectivity index (χ0n) is 13.9. The van der Waals surface area contributed by atoms with E-state index < -0.39 is 0 Å². The van der Waals surface area contributed by atoms with Crippen molar-refractivity contribution in [2.24, 2.45) is 5.92 Å². The van der Waals surface area contributed by atoms with Crippen LogP contribution in [0.3, 0.4) is 0 Å². The predicted molar refractivity (Wildman–Crippen MR) is 92.5 cm³/mol. The van der Waals surface area contributed by atoms with E-state index in [4.69, 9.17) is 4.74 Å². The zero-order valence-corrected chi connectivity index (χ0v) is 15.5. The van der Waals surface area contributed by atoms with Gasteiger partial charge in [0.1, 0.15) is 0 Å². The molecule has 1 aromatic carbocycles. The summed E-state index contributed by atoms with van der Waals surface area (Å²) in [5.74, 6) is 0.472. The second kappa shape index (κ2) is 6.39. The Bertz CT molecular complexity index is 467. The fraction of sp³-hybridized carbons (Fsp3) is 0.667. The van der Waals surface area contributed by atoms with E-state index in [1.165, 1.54) is 5.56 Å². The molecule has 1 saturated heterocycles. The summed E-state index contributed by atoms with van der Waals surface area (Å²) in [5.41, 5.74) is 1.20. The molecular formula is C18H28BrNO. The van der Waals surface area contributed by atoms with Gasteiger partial charge in [0.15, 0.2) is 0 Å². The molecule has 0 bridgehead atoms. The highest BCUT2D eigenvalue weighted by atomic mass is 79.9. The fourth-order valence-electron chi connectivity index (χ4n) is 3.59. The second-order valence-corrected chi connectivity index (χ2v) is 8.17. The molecule has 2 unspecified atom stereocenters. The SMILES string of the molecule is CCCNC(c1ccc(Br)cc1)C1CC(C)(C)OC1(C)C. The van der Waals surface area contributed by atoms with Gasteiger partial charge in [-0.25, -0.2) is 0 Å². The lowest BCUT2D eigenvalue weighted by Crippen LogP contribution is -2.38. The quantitative estimate of drug-likeness (QED) is 0.796. The van der Waals surface area contributed by atoms with Crippen molar-refractivity contribution in [3.05, 3.63) is 34.3 Å². The van der Waals surface area contributed by atoms with E-state index in [0.717, 1.165) is 23.9 Å². The molecule has 21 heavy (non-hydrogen) atoms. The molecule has 2 rings (SSSR count). The van der Waals surface area contributed by atoms with Crippen molar-refractivity contribution in [1.82, 2.24) is 5.32 Å². The van der Waals surface area contributed by atoms with E-state index >= 15 is 0 Å². The molecule has 1 heterocycles. The highest BCUT2D eigenvalue weighted by Gasteiger charge is 2.49. The molecule has 1 aromatic rings. The minimum Gasteiger partial charge on any atom is -0.369 e. The van der Waals surface area contributed by atoms with Crippen molar-refractivity contribution < 1.29 is 4.74 Å². The lowest BCUT2D eigenvalue weighted by Gasteiger charge is -2.34. The van der Waals surface area contributed by atoms with E-state index in [1.54, 1.807) is 0 Å². The van der Waals surface area contributed by atoms with Crippen molar-refractivity contribution in [1.29, 1.82) is 0 Å². The standard InChI is InChI=1S/C18H28BrNO/c1-6-11-20-16(13-7-9-14(19)10-8-13)15-12-17(2,3)21-18(15,4)5/h7-10,15-16,20H,6,11-12H2,1-5H3. The molecule has 2 nitrogen and oxygen atoms in total. The van der Waals surface area contributed by atoms with Crippen LogP contribution in [0, 0.1) is 5.92 Å². The highest BCUT2D eigenvalue weighted by Crippen LogP contribution is 2.47. The molecule has 0 saturated carbocycles. The molecule has 0 aromatic heterocycles. The van der Waals surface area contributed by atoms with E-state index in [-0.39, 0.29) is 11.2 Å². The number of hydrogen-bond donors (Lipinski definition) is 1. The molecular weight excluding hydrogens is 326 g/mol. The Morgan fingerprint density at radius 3 is 2.33 bits per heavy atom. The summed E-state index contributed by atoms with van der Waals surface area (Å²) in [4.78, 5) is 0. The van der Waals surface area contributed by atoms with E-state index in [9.17, 15) is 0 Å². The first-order valence-electron chi connectivity index (χ1n) is 7.94. The van der Waals surface area contributed by atoms with Crippen LogP contribution in [0.4, 0.5) is 0 Å². The van der Waals surface area contributed by atoms with Gasteiger partial charge >= 0.3 is 0 Å². The second-order valence-electron chi connectivity index (χ2n) is 7.26. The van der Waals surface area contributed by atoms with Gasteiger partial charge in [-0.1, -0.05) is 35.0 Å². The predicted octanol–water partition coefficient (Wildman–Crippen LogP) is 5.08. The molecule has 2 atom stereocenters. The van der Waals surface area contributed by atoms with Crippen molar-refractivity contribution in [2.75, 3.05) is 6.54 Å². The van der Waals surface area contributed by atoms with Crippen LogP contribution in [0.1, 0.15) is 59.1 Å². The first-order valence-corrected chi connectivity index (χ1v) is 8.73. The summed E-state index contributed by atoms with van der Waals surface area (Å²) in [6, 6.07) is 9.04. The van der Waals surface area contributed by atoms with Crippen LogP contribution in [0.15, 0.2) is 28.7 Å². The molecule has 0 spiro atoms. The lowest BCUT2D eigenvalue weighted by atomic mass is 9.79. The Kier molecular flexibility index (Phi) is 5.17. The van der Waals surface area contributed by atoms with Crippen LogP contribution in [0.2, 0.25) is 0 Å². The van der Waals surface area contributed by atoms with Crippen molar-refractivity contribution >= 4 is 15.9 Å². The first-order chi connectivity index (χ1) is 9.75. The van der Waals surface area contributed by atoms with Crippen LogP contribution >= 0.6 is 15.9 Å². The third-order valence-corrected chi connectivity index (χ3v) is 4.92. The third kappa shape index (κ3) is 4.08. The summed E-state index contributed by atoms with van der Waals surface area (Å²) in [6.45, 7) is 12.1. The molecule has 3 heteroatoms. The van der Waals surface area contributed by atoms with E-state index in [2.05, 4.69) is 80.1 Å². The topological polar surface area (TPSA) is 21.3 Å². The Hall–Kier alpha value is -0.380. The Labute approximate surface area is 137 Å². The maximum absolute atomic E-state index is 6.31. The number of ether oxygens (including phenoxy) is 1. The van der Waals surface area contributed by atoms with Gasteiger partial charge in [-0.15, -0.1) is 0 Å². The first kappa shape index (κ1) is 17.0. The van der Waals surface area contributed by atoms with Gasteiger partial charge in [-0.3, -0.25) is 0 Å². The Morgan fingerprint density at radius 1 is 1.24 bits per heavy atom. The number of benzene rings is 1. The van der Waals surface area contributed by atoms with Gasteiger partial charge in [0.2, 0.25) is 0 Å². The molecule has 1 aliphatic heterocycles.